The lowest BCUT2D eigenvalue weighted by atomic mass is 10.2. The van der Waals surface area contributed by atoms with Crippen molar-refractivity contribution < 1.29 is 22.7 Å². The van der Waals surface area contributed by atoms with E-state index < -0.39 is 15.8 Å². The number of carbonyl (C=O) groups is 1. The molecule has 0 unspecified atom stereocenters. The first-order valence-corrected chi connectivity index (χ1v) is 7.55. The summed E-state index contributed by atoms with van der Waals surface area (Å²) in [4.78, 5) is 11.5. The monoisotopic (exact) mass is 310 g/mol. The number of ether oxygens (including phenoxy) is 2. The highest BCUT2D eigenvalue weighted by atomic mass is 32.2. The Morgan fingerprint density at radius 1 is 0.952 bits per heavy atom. The SMILES string of the molecule is C=C(/C=C\C(=C)C(=O)OC(=C)/C=C\C(=C)S(C)(=O)=O)OC. The van der Waals surface area contributed by atoms with Crippen LogP contribution in [0.5, 0.6) is 0 Å². The molecule has 0 aromatic rings. The molecule has 0 spiro atoms. The highest BCUT2D eigenvalue weighted by Gasteiger charge is 2.08. The fourth-order valence-electron chi connectivity index (χ4n) is 0.858. The van der Waals surface area contributed by atoms with Crippen LogP contribution in [-0.4, -0.2) is 27.8 Å². The van der Waals surface area contributed by atoms with Crippen LogP contribution >= 0.6 is 0 Å². The fraction of sp³-hybridized carbons (Fsp3) is 0.133. The first-order valence-electron chi connectivity index (χ1n) is 5.66. The third-order valence-electron chi connectivity index (χ3n) is 2.15. The lowest BCUT2D eigenvalue weighted by molar-refractivity contribution is -0.134. The molecule has 0 saturated carbocycles. The largest absolute Gasteiger partial charge is 0.497 e. The van der Waals surface area contributed by atoms with E-state index >= 15 is 0 Å². The highest BCUT2D eigenvalue weighted by molar-refractivity contribution is 7.94. The molecule has 0 atom stereocenters. The quantitative estimate of drug-likeness (QED) is 0.298. The molecule has 0 bridgehead atoms. The summed E-state index contributed by atoms with van der Waals surface area (Å²) in [5.41, 5.74) is 0.0599. The molecule has 5 nitrogen and oxygen atoms in total. The number of hydrogen-bond donors (Lipinski definition) is 0. The minimum Gasteiger partial charge on any atom is -0.497 e. The van der Waals surface area contributed by atoms with Crippen molar-refractivity contribution >= 4 is 15.8 Å². The van der Waals surface area contributed by atoms with Gasteiger partial charge in [-0.3, -0.25) is 0 Å². The van der Waals surface area contributed by atoms with Gasteiger partial charge < -0.3 is 9.47 Å². The van der Waals surface area contributed by atoms with Gasteiger partial charge in [0.05, 0.1) is 17.6 Å². The van der Waals surface area contributed by atoms with Gasteiger partial charge in [0.1, 0.15) is 11.5 Å². The van der Waals surface area contributed by atoms with Crippen LogP contribution in [0.2, 0.25) is 0 Å². The molecule has 0 aliphatic heterocycles. The van der Waals surface area contributed by atoms with Crippen LogP contribution in [0.25, 0.3) is 0 Å². The van der Waals surface area contributed by atoms with Gasteiger partial charge in [0.2, 0.25) is 0 Å². The Morgan fingerprint density at radius 3 is 1.95 bits per heavy atom. The topological polar surface area (TPSA) is 69.7 Å². The molecule has 0 aliphatic rings. The standard InChI is InChI=1S/C15H18O5S/c1-11(7-8-12(2)19-5)15(16)20-13(3)9-10-14(4)21(6,17)18/h7-10H,1-4H2,5-6H3/b8-7-,10-9-. The Bertz CT molecular complexity index is 633. The van der Waals surface area contributed by atoms with Gasteiger partial charge in [-0.1, -0.05) is 26.3 Å². The molecule has 114 valence electrons. The van der Waals surface area contributed by atoms with E-state index in [4.69, 9.17) is 9.47 Å². The predicted molar refractivity (Wildman–Crippen MR) is 82.8 cm³/mol. The zero-order chi connectivity index (χ0) is 16.6. The van der Waals surface area contributed by atoms with Crippen molar-refractivity contribution in [2.75, 3.05) is 13.4 Å². The van der Waals surface area contributed by atoms with Crippen molar-refractivity contribution in [1.29, 1.82) is 0 Å². The van der Waals surface area contributed by atoms with Crippen LogP contribution in [-0.2, 0) is 24.1 Å². The van der Waals surface area contributed by atoms with Crippen LogP contribution in [0.1, 0.15) is 0 Å². The van der Waals surface area contributed by atoms with E-state index in [2.05, 4.69) is 26.3 Å². The van der Waals surface area contributed by atoms with Crippen LogP contribution in [0.15, 0.2) is 72.6 Å². The van der Waals surface area contributed by atoms with Gasteiger partial charge in [0, 0.05) is 6.26 Å². The molecule has 0 saturated heterocycles. The minimum atomic E-state index is -3.38. The molecule has 0 heterocycles. The second-order valence-electron chi connectivity index (χ2n) is 3.96. The minimum absolute atomic E-state index is 0.0371. The number of sulfone groups is 1. The zero-order valence-electron chi connectivity index (χ0n) is 12.1. The number of rotatable bonds is 8. The van der Waals surface area contributed by atoms with Gasteiger partial charge in [-0.25, -0.2) is 13.2 Å². The van der Waals surface area contributed by atoms with Gasteiger partial charge in [0.25, 0.3) is 0 Å². The maximum atomic E-state index is 11.6. The number of hydrogen-bond acceptors (Lipinski definition) is 5. The van der Waals surface area contributed by atoms with Gasteiger partial charge in [-0.2, -0.15) is 0 Å². The molecular formula is C15H18O5S. The van der Waals surface area contributed by atoms with E-state index in [0.717, 1.165) is 6.26 Å². The first kappa shape index (κ1) is 18.7. The van der Waals surface area contributed by atoms with Crippen molar-refractivity contribution in [3.8, 4) is 0 Å². The van der Waals surface area contributed by atoms with Gasteiger partial charge in [-0.05, 0) is 24.3 Å². The van der Waals surface area contributed by atoms with Crippen LogP contribution < -0.4 is 0 Å². The van der Waals surface area contributed by atoms with E-state index in [1.807, 2.05) is 0 Å². The Hall–Kier alpha value is -2.34. The average Bonchev–Trinajstić information content (AvgIpc) is 2.40. The third kappa shape index (κ3) is 7.74. The Kier molecular flexibility index (Phi) is 7.16. The van der Waals surface area contributed by atoms with Gasteiger partial charge >= 0.3 is 5.97 Å². The summed E-state index contributed by atoms with van der Waals surface area (Å²) < 4.78 is 31.9. The maximum absolute atomic E-state index is 11.6. The summed E-state index contributed by atoms with van der Waals surface area (Å²) in [7, 11) is -1.94. The average molecular weight is 310 g/mol. The second-order valence-corrected chi connectivity index (χ2v) is 6.03. The molecule has 0 radical (unpaired) electrons. The summed E-state index contributed by atoms with van der Waals surface area (Å²) in [5, 5.41) is 0. The molecule has 0 aromatic carbocycles. The van der Waals surface area contributed by atoms with E-state index in [1.54, 1.807) is 0 Å². The lowest BCUT2D eigenvalue weighted by Gasteiger charge is -2.04. The normalized spacial score (nSPS) is 11.3. The van der Waals surface area contributed by atoms with Crippen LogP contribution in [0, 0.1) is 0 Å². The molecule has 21 heavy (non-hydrogen) atoms. The molecule has 0 fully saturated rings. The van der Waals surface area contributed by atoms with E-state index in [1.165, 1.54) is 31.4 Å². The fourth-order valence-corrected chi connectivity index (χ4v) is 1.17. The molecular weight excluding hydrogens is 292 g/mol. The Labute approximate surface area is 125 Å². The van der Waals surface area contributed by atoms with Crippen molar-refractivity contribution in [2.45, 2.75) is 0 Å². The molecule has 0 amide bonds. The molecule has 0 rings (SSSR count). The number of esters is 1. The summed E-state index contributed by atoms with van der Waals surface area (Å²) >= 11 is 0. The van der Waals surface area contributed by atoms with Crippen molar-refractivity contribution in [2.24, 2.45) is 0 Å². The molecule has 0 aliphatic carbocycles. The third-order valence-corrected chi connectivity index (χ3v) is 3.24. The second kappa shape index (κ2) is 8.06. The molecule has 0 aromatic heterocycles. The summed E-state index contributed by atoms with van der Waals surface area (Å²) in [6.07, 6.45) is 6.26. The first-order chi connectivity index (χ1) is 9.57. The Morgan fingerprint density at radius 2 is 1.48 bits per heavy atom. The van der Waals surface area contributed by atoms with Crippen molar-refractivity contribution in [3.63, 3.8) is 0 Å². The zero-order valence-corrected chi connectivity index (χ0v) is 12.9. The number of carbonyl (C=O) groups excluding carboxylic acids is 1. The summed E-state index contributed by atoms with van der Waals surface area (Å²) in [6, 6.07) is 0. The van der Waals surface area contributed by atoms with Crippen molar-refractivity contribution in [1.82, 2.24) is 0 Å². The van der Waals surface area contributed by atoms with Crippen molar-refractivity contribution in [3.05, 3.63) is 72.6 Å². The maximum Gasteiger partial charge on any atom is 0.342 e. The predicted octanol–water partition coefficient (Wildman–Crippen LogP) is 2.43. The lowest BCUT2D eigenvalue weighted by Crippen LogP contribution is -2.04. The smallest absolute Gasteiger partial charge is 0.342 e. The highest BCUT2D eigenvalue weighted by Crippen LogP contribution is 2.08. The van der Waals surface area contributed by atoms with Crippen LogP contribution in [0.3, 0.4) is 0 Å². The summed E-state index contributed by atoms with van der Waals surface area (Å²) in [6.45, 7) is 13.9. The number of allylic oxidation sites excluding steroid dienone is 3. The summed E-state index contributed by atoms with van der Waals surface area (Å²) in [5.74, 6) is -0.410. The molecule has 0 N–H and O–H groups in total. The number of methoxy groups -OCH3 is 1. The van der Waals surface area contributed by atoms with Gasteiger partial charge in [0.15, 0.2) is 9.84 Å². The molecule has 6 heteroatoms. The Balaban J connectivity index is 4.60. The van der Waals surface area contributed by atoms with E-state index in [0.29, 0.717) is 5.76 Å². The van der Waals surface area contributed by atoms with Crippen LogP contribution in [0.4, 0.5) is 0 Å². The van der Waals surface area contributed by atoms with E-state index in [9.17, 15) is 13.2 Å². The van der Waals surface area contributed by atoms with E-state index in [-0.39, 0.29) is 16.2 Å². The van der Waals surface area contributed by atoms with Gasteiger partial charge in [-0.15, -0.1) is 0 Å².